The number of benzene rings is 2. The molecule has 0 bridgehead atoms. The van der Waals surface area contributed by atoms with Crippen molar-refractivity contribution in [2.45, 2.75) is 45.3 Å². The zero-order valence-electron chi connectivity index (χ0n) is 20.4. The minimum absolute atomic E-state index is 0.0551. The summed E-state index contributed by atoms with van der Waals surface area (Å²) in [5.74, 6) is -1.12. The SMILES string of the molecule is COCc1ccc([C@@H](NC(=O)Cn2cnccc2=O)C(=O)Cc2ccc([Si](C)(C)C)c(F)c2)cc1. The molecule has 9 heteroatoms. The summed E-state index contributed by atoms with van der Waals surface area (Å²) in [6.07, 6.45) is 2.55. The molecule has 0 fully saturated rings. The van der Waals surface area contributed by atoms with Gasteiger partial charge in [-0.1, -0.05) is 56.0 Å². The molecule has 2 aromatic carbocycles. The number of nitrogens with one attached hydrogen (secondary N) is 1. The fourth-order valence-corrected chi connectivity index (χ4v) is 5.13. The van der Waals surface area contributed by atoms with E-state index in [1.807, 2.05) is 12.1 Å². The molecule has 7 nitrogen and oxygen atoms in total. The molecular formula is C26H30FN3O4Si. The molecule has 3 rings (SSSR count). The monoisotopic (exact) mass is 495 g/mol. The maximum Gasteiger partial charge on any atom is 0.253 e. The Morgan fingerprint density at radius 1 is 1.09 bits per heavy atom. The van der Waals surface area contributed by atoms with Crippen LogP contribution in [0.1, 0.15) is 22.7 Å². The van der Waals surface area contributed by atoms with Gasteiger partial charge in [0, 0.05) is 25.8 Å². The van der Waals surface area contributed by atoms with Crippen LogP contribution in [0, 0.1) is 5.82 Å². The average Bonchev–Trinajstić information content (AvgIpc) is 2.79. The van der Waals surface area contributed by atoms with Crippen molar-refractivity contribution in [3.8, 4) is 0 Å². The third kappa shape index (κ3) is 7.03. The minimum Gasteiger partial charge on any atom is -0.380 e. The van der Waals surface area contributed by atoms with Gasteiger partial charge in [-0.05, 0) is 27.9 Å². The van der Waals surface area contributed by atoms with E-state index in [0.29, 0.717) is 22.9 Å². The normalized spacial score (nSPS) is 12.3. The topological polar surface area (TPSA) is 90.3 Å². The summed E-state index contributed by atoms with van der Waals surface area (Å²) >= 11 is 0. The first-order chi connectivity index (χ1) is 16.6. The van der Waals surface area contributed by atoms with Crippen LogP contribution < -0.4 is 16.1 Å². The number of methoxy groups -OCH3 is 1. The average molecular weight is 496 g/mol. The molecule has 1 N–H and O–H groups in total. The van der Waals surface area contributed by atoms with Crippen LogP contribution >= 0.6 is 0 Å². The van der Waals surface area contributed by atoms with Gasteiger partial charge in [0.15, 0.2) is 5.78 Å². The quantitative estimate of drug-likeness (QED) is 0.437. The Balaban J connectivity index is 1.85. The molecule has 0 saturated heterocycles. The molecule has 0 saturated carbocycles. The van der Waals surface area contributed by atoms with Crippen LogP contribution in [0.3, 0.4) is 0 Å². The Kier molecular flexibility index (Phi) is 8.47. The van der Waals surface area contributed by atoms with E-state index in [9.17, 15) is 18.8 Å². The van der Waals surface area contributed by atoms with Crippen LogP contribution in [-0.4, -0.2) is 36.4 Å². The predicted octanol–water partition coefficient (Wildman–Crippen LogP) is 2.74. The highest BCUT2D eigenvalue weighted by atomic mass is 28.3. The Labute approximate surface area is 205 Å². The van der Waals surface area contributed by atoms with Crippen LogP contribution in [-0.2, 0) is 33.9 Å². The Morgan fingerprint density at radius 3 is 2.37 bits per heavy atom. The zero-order chi connectivity index (χ0) is 25.6. The fraction of sp³-hybridized carbons (Fsp3) is 0.308. The molecule has 3 aromatic rings. The standard InChI is InChI=1S/C26H30FN3O4Si/c1-34-16-18-5-8-20(9-6-18)26(29-24(32)15-30-17-28-12-11-25(30)33)22(31)14-19-7-10-23(21(27)13-19)35(2,3)4/h5-13,17,26H,14-16H2,1-4H3,(H,29,32)/t26-/m1/s1. The lowest BCUT2D eigenvalue weighted by atomic mass is 9.96. The first-order valence-electron chi connectivity index (χ1n) is 11.3. The zero-order valence-corrected chi connectivity index (χ0v) is 21.4. The fourth-order valence-electron chi connectivity index (χ4n) is 3.76. The summed E-state index contributed by atoms with van der Waals surface area (Å²) in [6.45, 7) is 6.31. The van der Waals surface area contributed by atoms with Crippen molar-refractivity contribution in [3.63, 3.8) is 0 Å². The summed E-state index contributed by atoms with van der Waals surface area (Å²) in [5.41, 5.74) is 1.66. The molecule has 1 heterocycles. The summed E-state index contributed by atoms with van der Waals surface area (Å²) in [4.78, 5) is 41.9. The molecule has 1 atom stereocenters. The summed E-state index contributed by atoms with van der Waals surface area (Å²) < 4.78 is 21.0. The molecule has 184 valence electrons. The maximum atomic E-state index is 14.7. The minimum atomic E-state index is -1.85. The molecule has 0 aliphatic rings. The molecule has 0 aliphatic carbocycles. The van der Waals surface area contributed by atoms with Crippen LogP contribution in [0.5, 0.6) is 0 Å². The van der Waals surface area contributed by atoms with Crippen molar-refractivity contribution in [3.05, 3.63) is 93.9 Å². The van der Waals surface area contributed by atoms with Gasteiger partial charge in [-0.15, -0.1) is 0 Å². The van der Waals surface area contributed by atoms with Gasteiger partial charge in [0.25, 0.3) is 5.56 Å². The first-order valence-corrected chi connectivity index (χ1v) is 14.8. The lowest BCUT2D eigenvalue weighted by Gasteiger charge is -2.20. The highest BCUT2D eigenvalue weighted by Gasteiger charge is 2.25. The summed E-state index contributed by atoms with van der Waals surface area (Å²) in [5, 5.41) is 3.44. The number of ether oxygens (including phenoxy) is 1. The van der Waals surface area contributed by atoms with Crippen LogP contribution in [0.2, 0.25) is 19.6 Å². The van der Waals surface area contributed by atoms with E-state index in [1.54, 1.807) is 31.4 Å². The second-order valence-corrected chi connectivity index (χ2v) is 14.5. The van der Waals surface area contributed by atoms with Crippen molar-refractivity contribution in [2.24, 2.45) is 0 Å². The van der Waals surface area contributed by atoms with E-state index in [2.05, 4.69) is 29.9 Å². The van der Waals surface area contributed by atoms with Crippen LogP contribution in [0.15, 0.2) is 65.8 Å². The van der Waals surface area contributed by atoms with Gasteiger partial charge in [-0.25, -0.2) is 9.37 Å². The van der Waals surface area contributed by atoms with Gasteiger partial charge >= 0.3 is 0 Å². The lowest BCUT2D eigenvalue weighted by molar-refractivity contribution is -0.128. The maximum absolute atomic E-state index is 14.7. The predicted molar refractivity (Wildman–Crippen MR) is 135 cm³/mol. The summed E-state index contributed by atoms with van der Waals surface area (Å²) in [7, 11) is -0.261. The van der Waals surface area contributed by atoms with Gasteiger partial charge in [0.2, 0.25) is 5.91 Å². The number of amides is 1. The molecule has 0 radical (unpaired) electrons. The highest BCUT2D eigenvalue weighted by Crippen LogP contribution is 2.19. The largest absolute Gasteiger partial charge is 0.380 e. The number of aromatic nitrogens is 2. The van der Waals surface area contributed by atoms with Crippen LogP contribution in [0.25, 0.3) is 0 Å². The number of carbonyl (C=O) groups excluding carboxylic acids is 2. The van der Waals surface area contributed by atoms with Crippen molar-refractivity contribution in [1.29, 1.82) is 0 Å². The van der Waals surface area contributed by atoms with Gasteiger partial charge in [-0.3, -0.25) is 19.0 Å². The molecule has 1 aromatic heterocycles. The number of nitrogens with zero attached hydrogens (tertiary/aromatic N) is 2. The number of hydrogen-bond acceptors (Lipinski definition) is 5. The third-order valence-electron chi connectivity index (χ3n) is 5.58. The second-order valence-electron chi connectivity index (χ2n) is 9.43. The van der Waals surface area contributed by atoms with Crippen molar-refractivity contribution < 1.29 is 18.7 Å². The molecular weight excluding hydrogens is 465 g/mol. The number of ketones is 1. The number of Topliss-reactive ketones (excluding diaryl/α,β-unsaturated/α-hetero) is 1. The van der Waals surface area contributed by atoms with E-state index in [0.717, 1.165) is 10.1 Å². The molecule has 0 spiro atoms. The van der Waals surface area contributed by atoms with Gasteiger partial charge in [0.1, 0.15) is 18.4 Å². The molecule has 35 heavy (non-hydrogen) atoms. The number of rotatable bonds is 10. The third-order valence-corrected chi connectivity index (χ3v) is 7.60. The molecule has 1 amide bonds. The number of hydrogen-bond donors (Lipinski definition) is 1. The van der Waals surface area contributed by atoms with Crippen LogP contribution in [0.4, 0.5) is 4.39 Å². The van der Waals surface area contributed by atoms with Gasteiger partial charge < -0.3 is 10.1 Å². The van der Waals surface area contributed by atoms with E-state index >= 15 is 0 Å². The highest BCUT2D eigenvalue weighted by molar-refractivity contribution is 6.88. The van der Waals surface area contributed by atoms with Crippen molar-refractivity contribution >= 4 is 25.0 Å². The first kappa shape index (κ1) is 26.2. The Bertz CT molecular complexity index is 1250. The van der Waals surface area contributed by atoms with E-state index in [4.69, 9.17) is 4.74 Å². The Hall–Kier alpha value is -3.43. The molecule has 0 unspecified atom stereocenters. The lowest BCUT2D eigenvalue weighted by Crippen LogP contribution is -2.40. The van der Waals surface area contributed by atoms with Gasteiger partial charge in [0.05, 0.1) is 21.0 Å². The molecule has 0 aliphatic heterocycles. The Morgan fingerprint density at radius 2 is 1.77 bits per heavy atom. The smallest absolute Gasteiger partial charge is 0.253 e. The van der Waals surface area contributed by atoms with Crippen molar-refractivity contribution in [1.82, 2.24) is 14.9 Å². The number of halogens is 1. The summed E-state index contributed by atoms with van der Waals surface area (Å²) in [6, 6.07) is 12.4. The van der Waals surface area contributed by atoms with E-state index < -0.39 is 20.0 Å². The second kappa shape index (κ2) is 11.3. The van der Waals surface area contributed by atoms with E-state index in [1.165, 1.54) is 24.7 Å². The van der Waals surface area contributed by atoms with E-state index in [-0.39, 0.29) is 30.1 Å². The number of carbonyl (C=O) groups is 2. The van der Waals surface area contributed by atoms with Gasteiger partial charge in [-0.2, -0.15) is 0 Å². The van der Waals surface area contributed by atoms with Crippen molar-refractivity contribution in [2.75, 3.05) is 7.11 Å².